The van der Waals surface area contributed by atoms with Crippen molar-refractivity contribution in [1.82, 2.24) is 5.01 Å². The maximum absolute atomic E-state index is 13.4. The third-order valence-electron chi connectivity index (χ3n) is 4.72. The van der Waals surface area contributed by atoms with Crippen molar-refractivity contribution in [3.05, 3.63) is 59.7 Å². The minimum atomic E-state index is -1.97. The number of carbonyl (C=O) groups is 4. The molecule has 9 heteroatoms. The van der Waals surface area contributed by atoms with E-state index in [9.17, 15) is 19.2 Å². The van der Waals surface area contributed by atoms with E-state index in [2.05, 4.69) is 5.10 Å². The Hall–Kier alpha value is -4.01. The zero-order valence-electron chi connectivity index (χ0n) is 16.4. The van der Waals surface area contributed by atoms with E-state index in [0.717, 1.165) is 9.91 Å². The van der Waals surface area contributed by atoms with Crippen molar-refractivity contribution in [2.75, 3.05) is 4.90 Å². The number of hydrogen-bond acceptors (Lipinski definition) is 7. The summed E-state index contributed by atoms with van der Waals surface area (Å²) in [4.78, 5) is 50.5. The fraction of sp³-hybridized carbons (Fsp3) is 0.190. The van der Waals surface area contributed by atoms with Crippen LogP contribution >= 0.6 is 0 Å². The number of esters is 1. The second-order valence-electron chi connectivity index (χ2n) is 6.75. The molecule has 1 unspecified atom stereocenters. The standard InChI is InChI=1S/C21H17N3O6/c1-12(25)23-17-10-6-5-9-16(17)21(20(23)28)24(13(2)26)22-19(30-21)15-8-4-7-11-18(15)29-14(3)27/h4-11H,1-3H3. The number of imide groups is 1. The molecule has 2 aromatic carbocycles. The van der Waals surface area contributed by atoms with Crippen LogP contribution in [-0.2, 0) is 29.6 Å². The zero-order chi connectivity index (χ0) is 21.6. The van der Waals surface area contributed by atoms with Crippen molar-refractivity contribution in [1.29, 1.82) is 0 Å². The predicted octanol–water partition coefficient (Wildman–Crippen LogP) is 1.90. The van der Waals surface area contributed by atoms with Crippen molar-refractivity contribution in [2.24, 2.45) is 5.10 Å². The molecule has 9 nitrogen and oxygen atoms in total. The number of ether oxygens (including phenoxy) is 2. The molecular formula is C21H17N3O6. The maximum Gasteiger partial charge on any atom is 0.314 e. The van der Waals surface area contributed by atoms with Crippen LogP contribution in [0.3, 0.4) is 0 Å². The molecule has 0 aromatic heterocycles. The SMILES string of the molecule is CC(=O)Oc1ccccc1C1=NN(C(C)=O)C2(O1)C(=O)N(C(C)=O)c1ccccc12. The lowest BCUT2D eigenvalue weighted by molar-refractivity contribution is -0.162. The number of carbonyl (C=O) groups excluding carboxylic acids is 4. The molecule has 2 aliphatic heterocycles. The van der Waals surface area contributed by atoms with Crippen LogP contribution < -0.4 is 9.64 Å². The average molecular weight is 407 g/mol. The monoisotopic (exact) mass is 407 g/mol. The number of para-hydroxylation sites is 2. The summed E-state index contributed by atoms with van der Waals surface area (Å²) in [6, 6.07) is 13.0. The first-order chi connectivity index (χ1) is 14.3. The van der Waals surface area contributed by atoms with E-state index < -0.39 is 29.4 Å². The summed E-state index contributed by atoms with van der Waals surface area (Å²) < 4.78 is 11.2. The lowest BCUT2D eigenvalue weighted by Gasteiger charge is -2.29. The van der Waals surface area contributed by atoms with Gasteiger partial charge in [-0.25, -0.2) is 4.90 Å². The number of hydrogen-bond donors (Lipinski definition) is 0. The Morgan fingerprint density at radius 2 is 1.63 bits per heavy atom. The highest BCUT2D eigenvalue weighted by Crippen LogP contribution is 2.48. The Morgan fingerprint density at radius 3 is 2.30 bits per heavy atom. The van der Waals surface area contributed by atoms with Gasteiger partial charge in [0, 0.05) is 20.8 Å². The van der Waals surface area contributed by atoms with E-state index in [1.165, 1.54) is 26.8 Å². The highest BCUT2D eigenvalue weighted by Gasteiger charge is 2.63. The molecule has 4 rings (SSSR count). The van der Waals surface area contributed by atoms with Crippen molar-refractivity contribution in [3.8, 4) is 5.75 Å². The van der Waals surface area contributed by atoms with Crippen LogP contribution in [-0.4, -0.2) is 34.6 Å². The minimum Gasteiger partial charge on any atom is -0.433 e. The zero-order valence-corrected chi connectivity index (χ0v) is 16.4. The number of hydrazone groups is 1. The van der Waals surface area contributed by atoms with Crippen LogP contribution in [0.5, 0.6) is 5.75 Å². The number of rotatable bonds is 2. The van der Waals surface area contributed by atoms with Gasteiger partial charge in [0.2, 0.25) is 17.7 Å². The molecule has 0 N–H and O–H groups in total. The molecule has 152 valence electrons. The Morgan fingerprint density at radius 1 is 0.967 bits per heavy atom. The van der Waals surface area contributed by atoms with Crippen molar-refractivity contribution in [2.45, 2.75) is 26.5 Å². The fourth-order valence-corrected chi connectivity index (χ4v) is 3.60. The van der Waals surface area contributed by atoms with Gasteiger partial charge in [-0.05, 0) is 18.2 Å². The maximum atomic E-state index is 13.4. The quantitative estimate of drug-likeness (QED) is 0.556. The van der Waals surface area contributed by atoms with E-state index >= 15 is 0 Å². The van der Waals surface area contributed by atoms with Gasteiger partial charge in [-0.3, -0.25) is 19.2 Å². The lowest BCUT2D eigenvalue weighted by Crippen LogP contribution is -2.52. The topological polar surface area (TPSA) is 106 Å². The molecule has 0 aliphatic carbocycles. The van der Waals surface area contributed by atoms with Gasteiger partial charge in [-0.2, -0.15) is 5.01 Å². The Kier molecular flexibility index (Phi) is 4.38. The minimum absolute atomic E-state index is 0.0874. The van der Waals surface area contributed by atoms with Gasteiger partial charge in [-0.1, -0.05) is 30.3 Å². The van der Waals surface area contributed by atoms with Crippen LogP contribution in [0, 0.1) is 0 Å². The highest BCUT2D eigenvalue weighted by molar-refractivity contribution is 6.23. The Labute approximate surface area is 171 Å². The Bertz CT molecular complexity index is 1140. The van der Waals surface area contributed by atoms with Gasteiger partial charge in [0.25, 0.3) is 0 Å². The van der Waals surface area contributed by atoms with Crippen LogP contribution in [0.25, 0.3) is 0 Å². The molecule has 0 saturated carbocycles. The molecule has 2 aliphatic rings. The largest absolute Gasteiger partial charge is 0.433 e. The van der Waals surface area contributed by atoms with Gasteiger partial charge in [0.15, 0.2) is 0 Å². The summed E-state index contributed by atoms with van der Waals surface area (Å²) in [5.41, 5.74) is -1.07. The van der Waals surface area contributed by atoms with Gasteiger partial charge >= 0.3 is 17.6 Å². The number of nitrogens with zero attached hydrogens (tertiary/aromatic N) is 3. The van der Waals surface area contributed by atoms with Crippen molar-refractivity contribution in [3.63, 3.8) is 0 Å². The average Bonchev–Trinajstić information content (AvgIpc) is 3.20. The summed E-state index contributed by atoms with van der Waals surface area (Å²) in [6.07, 6.45) is 0. The van der Waals surface area contributed by atoms with Gasteiger partial charge in [0.05, 0.1) is 16.8 Å². The van der Waals surface area contributed by atoms with Crippen LogP contribution in [0.1, 0.15) is 31.9 Å². The van der Waals surface area contributed by atoms with E-state index in [1.807, 2.05) is 0 Å². The van der Waals surface area contributed by atoms with E-state index in [0.29, 0.717) is 11.3 Å². The summed E-state index contributed by atoms with van der Waals surface area (Å²) in [5.74, 6) is -2.32. The normalized spacial score (nSPS) is 19.4. The highest BCUT2D eigenvalue weighted by atomic mass is 16.6. The van der Waals surface area contributed by atoms with E-state index in [1.54, 1.807) is 42.5 Å². The van der Waals surface area contributed by atoms with Crippen LogP contribution in [0.4, 0.5) is 5.69 Å². The first-order valence-corrected chi connectivity index (χ1v) is 9.08. The molecule has 2 heterocycles. The van der Waals surface area contributed by atoms with E-state index in [4.69, 9.17) is 9.47 Å². The van der Waals surface area contributed by atoms with Gasteiger partial charge < -0.3 is 9.47 Å². The van der Waals surface area contributed by atoms with Gasteiger partial charge in [0.1, 0.15) is 5.75 Å². The molecule has 1 spiro atoms. The molecule has 0 radical (unpaired) electrons. The molecule has 0 fully saturated rings. The van der Waals surface area contributed by atoms with Crippen molar-refractivity contribution >= 4 is 35.3 Å². The number of amides is 3. The molecule has 0 saturated heterocycles. The van der Waals surface area contributed by atoms with Crippen LogP contribution in [0.2, 0.25) is 0 Å². The summed E-state index contributed by atoms with van der Waals surface area (Å²) >= 11 is 0. The third kappa shape index (κ3) is 2.66. The number of anilines is 1. The number of benzene rings is 2. The Balaban J connectivity index is 1.89. The second-order valence-corrected chi connectivity index (χ2v) is 6.75. The smallest absolute Gasteiger partial charge is 0.314 e. The van der Waals surface area contributed by atoms with Crippen molar-refractivity contribution < 1.29 is 28.7 Å². The molecule has 3 amide bonds. The summed E-state index contributed by atoms with van der Waals surface area (Å²) in [5, 5.41) is 5.15. The first-order valence-electron chi connectivity index (χ1n) is 9.08. The van der Waals surface area contributed by atoms with Crippen LogP contribution in [0.15, 0.2) is 53.6 Å². The summed E-state index contributed by atoms with van der Waals surface area (Å²) in [7, 11) is 0. The van der Waals surface area contributed by atoms with Gasteiger partial charge in [-0.15, -0.1) is 5.10 Å². The second kappa shape index (κ2) is 6.80. The first kappa shape index (κ1) is 19.3. The molecular weight excluding hydrogens is 390 g/mol. The number of fused-ring (bicyclic) bond motifs is 2. The third-order valence-corrected chi connectivity index (χ3v) is 4.72. The molecule has 0 bridgehead atoms. The molecule has 1 atom stereocenters. The van der Waals surface area contributed by atoms with E-state index in [-0.39, 0.29) is 17.2 Å². The fourth-order valence-electron chi connectivity index (χ4n) is 3.60. The molecule has 2 aromatic rings. The molecule has 30 heavy (non-hydrogen) atoms. The lowest BCUT2D eigenvalue weighted by atomic mass is 10.0. The summed E-state index contributed by atoms with van der Waals surface area (Å²) in [6.45, 7) is 3.74. The predicted molar refractivity (Wildman–Crippen MR) is 104 cm³/mol.